The van der Waals surface area contributed by atoms with Crippen LogP contribution in [0.25, 0.3) is 0 Å². The summed E-state index contributed by atoms with van der Waals surface area (Å²) in [5.41, 5.74) is 0.639. The first kappa shape index (κ1) is 5.76. The van der Waals surface area contributed by atoms with Crippen LogP contribution in [0.5, 0.6) is 0 Å². The summed E-state index contributed by atoms with van der Waals surface area (Å²) >= 11 is 0. The zero-order valence-corrected chi connectivity index (χ0v) is 5.90. The van der Waals surface area contributed by atoms with Gasteiger partial charge in [-0.25, -0.2) is 0 Å². The summed E-state index contributed by atoms with van der Waals surface area (Å²) in [6.45, 7) is 0. The van der Waals surface area contributed by atoms with Crippen LogP contribution < -0.4 is 0 Å². The average molecular weight is 122 g/mol. The Morgan fingerprint density at radius 3 is 1.78 bits per heavy atom. The fourth-order valence-electron chi connectivity index (χ4n) is 2.26. The monoisotopic (exact) mass is 122 g/mol. The molecule has 0 unspecified atom stereocenters. The molecule has 0 amide bonds. The zero-order valence-electron chi connectivity index (χ0n) is 5.90. The van der Waals surface area contributed by atoms with Crippen molar-refractivity contribution in [1.82, 2.24) is 0 Å². The molecule has 0 aliphatic heterocycles. The van der Waals surface area contributed by atoms with Crippen LogP contribution in [0.3, 0.4) is 0 Å². The second-order valence-electron chi connectivity index (χ2n) is 3.43. The Morgan fingerprint density at radius 2 is 1.44 bits per heavy atom. The summed E-state index contributed by atoms with van der Waals surface area (Å²) in [7, 11) is 0. The van der Waals surface area contributed by atoms with Crippen molar-refractivity contribution in [3.05, 3.63) is 12.8 Å². The van der Waals surface area contributed by atoms with Crippen molar-refractivity contribution in [2.45, 2.75) is 38.5 Å². The Hall–Kier alpha value is 0. The van der Waals surface area contributed by atoms with Gasteiger partial charge in [-0.2, -0.15) is 0 Å². The molecule has 0 saturated heterocycles. The van der Waals surface area contributed by atoms with Crippen molar-refractivity contribution in [2.24, 2.45) is 5.41 Å². The van der Waals surface area contributed by atoms with Gasteiger partial charge in [-0.3, -0.25) is 0 Å². The molecule has 2 saturated carbocycles. The molecule has 0 nitrogen and oxygen atoms in total. The minimum Gasteiger partial charge on any atom is -0.0525 e. The molecular weight excluding hydrogens is 108 g/mol. The summed E-state index contributed by atoms with van der Waals surface area (Å²) in [5.74, 6) is 0. The van der Waals surface area contributed by atoms with E-state index in [-0.39, 0.29) is 0 Å². The highest BCUT2D eigenvalue weighted by Gasteiger charge is 2.36. The minimum atomic E-state index is 0.639. The van der Waals surface area contributed by atoms with Gasteiger partial charge in [-0.15, -0.1) is 0 Å². The van der Waals surface area contributed by atoms with E-state index in [2.05, 4.69) is 12.8 Å². The van der Waals surface area contributed by atoms with Crippen LogP contribution in [0, 0.1) is 18.3 Å². The fourth-order valence-corrected chi connectivity index (χ4v) is 2.26. The van der Waals surface area contributed by atoms with Gasteiger partial charge in [-0.1, -0.05) is 12.8 Å². The summed E-state index contributed by atoms with van der Waals surface area (Å²) in [5, 5.41) is 0. The maximum atomic E-state index is 2.54. The quantitative estimate of drug-likeness (QED) is 0.463. The Balaban J connectivity index is 2.04. The summed E-state index contributed by atoms with van der Waals surface area (Å²) in [6, 6.07) is 0. The molecule has 2 fully saturated rings. The molecule has 0 atom stereocenters. The van der Waals surface area contributed by atoms with E-state index in [0.29, 0.717) is 5.41 Å². The lowest BCUT2D eigenvalue weighted by Gasteiger charge is -2.20. The molecule has 2 rings (SSSR count). The van der Waals surface area contributed by atoms with E-state index in [1.165, 1.54) is 38.5 Å². The van der Waals surface area contributed by atoms with Gasteiger partial charge in [0.25, 0.3) is 0 Å². The fraction of sp³-hybridized carbons (Fsp3) is 0.778. The van der Waals surface area contributed by atoms with E-state index in [1.54, 1.807) is 0 Å². The molecule has 2 radical (unpaired) electrons. The van der Waals surface area contributed by atoms with Gasteiger partial charge in [0.1, 0.15) is 0 Å². The maximum absolute atomic E-state index is 2.54. The van der Waals surface area contributed by atoms with Gasteiger partial charge in [0.15, 0.2) is 0 Å². The molecule has 0 aromatic rings. The third kappa shape index (κ3) is 0.889. The van der Waals surface area contributed by atoms with E-state index in [1.807, 2.05) is 0 Å². The van der Waals surface area contributed by atoms with Gasteiger partial charge in [0.2, 0.25) is 0 Å². The van der Waals surface area contributed by atoms with Gasteiger partial charge in [-0.05, 0) is 43.9 Å². The zero-order chi connectivity index (χ0) is 6.16. The molecule has 0 aromatic heterocycles. The van der Waals surface area contributed by atoms with Crippen molar-refractivity contribution < 1.29 is 0 Å². The summed E-state index contributed by atoms with van der Waals surface area (Å²) < 4.78 is 0. The molecule has 0 heteroatoms. The molecule has 2 aliphatic rings. The molecule has 0 aromatic carbocycles. The molecule has 50 valence electrons. The Morgan fingerprint density at radius 1 is 0.889 bits per heavy atom. The van der Waals surface area contributed by atoms with Gasteiger partial charge in [0.05, 0.1) is 0 Å². The standard InChI is InChI=1S/C9H14/c1-2-6-9(5-1)7-3-4-8-9/h5,7H,1-4,6,8H2. The molecule has 0 bridgehead atoms. The van der Waals surface area contributed by atoms with Crippen LogP contribution in [-0.4, -0.2) is 0 Å². The SMILES string of the molecule is [CH]1CCCC12[CH]CCC2. The maximum Gasteiger partial charge on any atom is -0.0235 e. The van der Waals surface area contributed by atoms with Crippen LogP contribution in [0.4, 0.5) is 0 Å². The first-order valence-corrected chi connectivity index (χ1v) is 4.10. The van der Waals surface area contributed by atoms with E-state index < -0.39 is 0 Å². The number of hydrogen-bond donors (Lipinski definition) is 0. The van der Waals surface area contributed by atoms with Crippen LogP contribution in [0.15, 0.2) is 0 Å². The molecular formula is C9H14. The smallest absolute Gasteiger partial charge is 0.0235 e. The van der Waals surface area contributed by atoms with E-state index >= 15 is 0 Å². The number of rotatable bonds is 0. The lowest BCUT2D eigenvalue weighted by atomic mass is 9.85. The van der Waals surface area contributed by atoms with Crippen molar-refractivity contribution in [1.29, 1.82) is 0 Å². The number of hydrogen-bond acceptors (Lipinski definition) is 0. The second-order valence-corrected chi connectivity index (χ2v) is 3.43. The molecule has 9 heavy (non-hydrogen) atoms. The predicted octanol–water partition coefficient (Wildman–Crippen LogP) is 2.75. The summed E-state index contributed by atoms with van der Waals surface area (Å²) in [6.07, 6.45) is 13.6. The third-order valence-electron chi connectivity index (χ3n) is 2.79. The Bertz CT molecular complexity index is 75.1. The normalized spacial score (nSPS) is 32.0. The predicted molar refractivity (Wildman–Crippen MR) is 38.7 cm³/mol. The van der Waals surface area contributed by atoms with Crippen molar-refractivity contribution in [3.63, 3.8) is 0 Å². The minimum absolute atomic E-state index is 0.639. The lowest BCUT2D eigenvalue weighted by Crippen LogP contribution is -2.10. The largest absolute Gasteiger partial charge is 0.0525 e. The third-order valence-corrected chi connectivity index (χ3v) is 2.79. The van der Waals surface area contributed by atoms with Gasteiger partial charge < -0.3 is 0 Å². The highest BCUT2D eigenvalue weighted by Crippen LogP contribution is 2.48. The highest BCUT2D eigenvalue weighted by molar-refractivity contribution is 5.09. The van der Waals surface area contributed by atoms with Gasteiger partial charge in [0, 0.05) is 0 Å². The Labute approximate surface area is 57.6 Å². The van der Waals surface area contributed by atoms with Gasteiger partial charge >= 0.3 is 0 Å². The average Bonchev–Trinajstić information content (AvgIpc) is 2.45. The van der Waals surface area contributed by atoms with Crippen molar-refractivity contribution in [2.75, 3.05) is 0 Å². The molecule has 0 N–H and O–H groups in total. The van der Waals surface area contributed by atoms with Crippen molar-refractivity contribution >= 4 is 0 Å². The van der Waals surface area contributed by atoms with Crippen molar-refractivity contribution in [3.8, 4) is 0 Å². The van der Waals surface area contributed by atoms with Crippen LogP contribution >= 0.6 is 0 Å². The summed E-state index contributed by atoms with van der Waals surface area (Å²) in [4.78, 5) is 0. The van der Waals surface area contributed by atoms with E-state index in [0.717, 1.165) is 0 Å². The highest BCUT2D eigenvalue weighted by atomic mass is 14.4. The topological polar surface area (TPSA) is 0 Å². The first-order chi connectivity index (χ1) is 4.41. The van der Waals surface area contributed by atoms with E-state index in [4.69, 9.17) is 0 Å². The van der Waals surface area contributed by atoms with E-state index in [9.17, 15) is 0 Å². The molecule has 2 aliphatic carbocycles. The van der Waals surface area contributed by atoms with Crippen LogP contribution in [0.1, 0.15) is 38.5 Å². The second kappa shape index (κ2) is 2.00. The van der Waals surface area contributed by atoms with Crippen LogP contribution in [0.2, 0.25) is 0 Å². The molecule has 1 spiro atoms. The Kier molecular flexibility index (Phi) is 1.28. The first-order valence-electron chi connectivity index (χ1n) is 4.10. The molecule has 0 heterocycles. The van der Waals surface area contributed by atoms with Crippen LogP contribution in [-0.2, 0) is 0 Å². The lowest BCUT2D eigenvalue weighted by molar-refractivity contribution is 0.445.